The first-order valence-corrected chi connectivity index (χ1v) is 5.19. The monoisotopic (exact) mass is 248 g/mol. The molecule has 1 unspecified atom stereocenters. The second kappa shape index (κ2) is 4.91. The van der Waals surface area contributed by atoms with Gasteiger partial charge >= 0.3 is 6.18 Å². The molecular weight excluding hydrogens is 233 g/mol. The van der Waals surface area contributed by atoms with E-state index < -0.39 is 17.3 Å². The van der Waals surface area contributed by atoms with Crippen LogP contribution in [0, 0.1) is 0 Å². The van der Waals surface area contributed by atoms with Crippen LogP contribution in [-0.4, -0.2) is 17.1 Å². The van der Waals surface area contributed by atoms with Crippen molar-refractivity contribution in [2.24, 2.45) is 5.73 Å². The molecule has 2 N–H and O–H groups in total. The van der Waals surface area contributed by atoms with Crippen LogP contribution in [-0.2, 0) is 6.18 Å². The normalized spacial score (nSPS) is 15.4. The van der Waals surface area contributed by atoms with E-state index in [0.717, 1.165) is 12.3 Å². The van der Waals surface area contributed by atoms with Crippen LogP contribution >= 0.6 is 0 Å². The first-order chi connectivity index (χ1) is 7.74. The van der Waals surface area contributed by atoms with Crippen molar-refractivity contribution < 1.29 is 17.9 Å². The van der Waals surface area contributed by atoms with E-state index in [9.17, 15) is 13.2 Å². The molecule has 0 aliphatic heterocycles. The summed E-state index contributed by atoms with van der Waals surface area (Å²) in [5, 5.41) is 0. The molecule has 1 heterocycles. The second-order valence-corrected chi connectivity index (χ2v) is 4.18. The highest BCUT2D eigenvalue weighted by Crippen LogP contribution is 2.29. The lowest BCUT2D eigenvalue weighted by Gasteiger charge is -2.22. The van der Waals surface area contributed by atoms with Crippen molar-refractivity contribution >= 4 is 0 Å². The van der Waals surface area contributed by atoms with Crippen molar-refractivity contribution in [1.82, 2.24) is 4.98 Å². The number of nitrogens with zero attached hydrogens (tertiary/aromatic N) is 1. The fourth-order valence-corrected chi connectivity index (χ4v) is 0.974. The summed E-state index contributed by atoms with van der Waals surface area (Å²) in [6, 6.07) is 2.12. The van der Waals surface area contributed by atoms with Gasteiger partial charge in [0, 0.05) is 17.8 Å². The third-order valence-corrected chi connectivity index (χ3v) is 2.42. The standard InChI is InChI=1S/C11H15F3N2O/c1-3-10(2,15)7-17-9-5-4-8(6-16-9)11(12,13)14/h4-6H,3,7,15H2,1-2H3. The Balaban J connectivity index is 2.64. The predicted octanol–water partition coefficient (Wildman–Crippen LogP) is 2.61. The van der Waals surface area contributed by atoms with Crippen LogP contribution in [0.3, 0.4) is 0 Å². The van der Waals surface area contributed by atoms with Gasteiger partial charge in [0.15, 0.2) is 0 Å². The molecule has 0 aliphatic carbocycles. The van der Waals surface area contributed by atoms with Gasteiger partial charge in [0.1, 0.15) is 6.61 Å². The predicted molar refractivity (Wildman–Crippen MR) is 57.6 cm³/mol. The Hall–Kier alpha value is -1.30. The van der Waals surface area contributed by atoms with E-state index in [1.54, 1.807) is 6.92 Å². The van der Waals surface area contributed by atoms with Crippen LogP contribution in [0.25, 0.3) is 0 Å². The molecule has 0 spiro atoms. The first-order valence-electron chi connectivity index (χ1n) is 5.19. The third-order valence-electron chi connectivity index (χ3n) is 2.42. The van der Waals surface area contributed by atoms with E-state index in [2.05, 4.69) is 4.98 Å². The van der Waals surface area contributed by atoms with Crippen molar-refractivity contribution in [3.05, 3.63) is 23.9 Å². The Morgan fingerprint density at radius 2 is 2.00 bits per heavy atom. The smallest absolute Gasteiger partial charge is 0.417 e. The summed E-state index contributed by atoms with van der Waals surface area (Å²) < 4.78 is 42.0. The molecule has 0 bridgehead atoms. The van der Waals surface area contributed by atoms with Crippen LogP contribution in [0.2, 0.25) is 0 Å². The van der Waals surface area contributed by atoms with Gasteiger partial charge in [-0.25, -0.2) is 4.98 Å². The van der Waals surface area contributed by atoms with Crippen molar-refractivity contribution in [2.75, 3.05) is 6.61 Å². The van der Waals surface area contributed by atoms with Gasteiger partial charge in [-0.1, -0.05) is 6.92 Å². The van der Waals surface area contributed by atoms with Gasteiger partial charge in [0.05, 0.1) is 5.56 Å². The van der Waals surface area contributed by atoms with Crippen LogP contribution in [0.5, 0.6) is 5.88 Å². The van der Waals surface area contributed by atoms with Gasteiger partial charge in [0.2, 0.25) is 5.88 Å². The second-order valence-electron chi connectivity index (χ2n) is 4.18. The highest BCUT2D eigenvalue weighted by atomic mass is 19.4. The molecule has 1 rings (SSSR count). The number of halogens is 3. The van der Waals surface area contributed by atoms with E-state index >= 15 is 0 Å². The van der Waals surface area contributed by atoms with Crippen LogP contribution < -0.4 is 10.5 Å². The topological polar surface area (TPSA) is 48.1 Å². The molecule has 0 aliphatic rings. The molecular formula is C11H15F3N2O. The molecule has 0 radical (unpaired) electrons. The Labute approximate surface area is 97.8 Å². The lowest BCUT2D eigenvalue weighted by molar-refractivity contribution is -0.137. The lowest BCUT2D eigenvalue weighted by atomic mass is 10.0. The van der Waals surface area contributed by atoms with Crippen molar-refractivity contribution in [2.45, 2.75) is 32.0 Å². The molecule has 0 fully saturated rings. The van der Waals surface area contributed by atoms with Gasteiger partial charge in [-0.05, 0) is 19.4 Å². The Bertz CT molecular complexity index is 360. The third kappa shape index (κ3) is 4.22. The highest BCUT2D eigenvalue weighted by Gasteiger charge is 2.30. The zero-order chi connectivity index (χ0) is 13.1. The Morgan fingerprint density at radius 1 is 1.35 bits per heavy atom. The quantitative estimate of drug-likeness (QED) is 0.891. The summed E-state index contributed by atoms with van der Waals surface area (Å²) in [7, 11) is 0. The van der Waals surface area contributed by atoms with Gasteiger partial charge in [0.25, 0.3) is 0 Å². The Morgan fingerprint density at radius 3 is 2.41 bits per heavy atom. The SMILES string of the molecule is CCC(C)(N)COc1ccc(C(F)(F)F)cn1. The number of rotatable bonds is 4. The van der Waals surface area contributed by atoms with Gasteiger partial charge in [-0.15, -0.1) is 0 Å². The average molecular weight is 248 g/mol. The van der Waals surface area contributed by atoms with E-state index in [-0.39, 0.29) is 12.5 Å². The minimum atomic E-state index is -4.38. The minimum absolute atomic E-state index is 0.142. The number of ether oxygens (including phenoxy) is 1. The van der Waals surface area contributed by atoms with Crippen LogP contribution in [0.1, 0.15) is 25.8 Å². The number of alkyl halides is 3. The lowest BCUT2D eigenvalue weighted by Crippen LogP contribution is -2.41. The minimum Gasteiger partial charge on any atom is -0.476 e. The fraction of sp³-hybridized carbons (Fsp3) is 0.545. The summed E-state index contributed by atoms with van der Waals surface area (Å²) in [5.74, 6) is 0.142. The average Bonchev–Trinajstić information content (AvgIpc) is 2.26. The number of pyridine rings is 1. The molecule has 1 aromatic rings. The van der Waals surface area contributed by atoms with Crippen molar-refractivity contribution in [1.29, 1.82) is 0 Å². The molecule has 96 valence electrons. The molecule has 0 amide bonds. The van der Waals surface area contributed by atoms with E-state index in [1.807, 2.05) is 6.92 Å². The maximum Gasteiger partial charge on any atom is 0.417 e. The summed E-state index contributed by atoms with van der Waals surface area (Å²) in [4.78, 5) is 3.58. The van der Waals surface area contributed by atoms with Crippen molar-refractivity contribution in [3.8, 4) is 5.88 Å². The maximum absolute atomic E-state index is 12.2. The molecule has 0 saturated heterocycles. The maximum atomic E-state index is 12.2. The van der Waals surface area contributed by atoms with Crippen LogP contribution in [0.4, 0.5) is 13.2 Å². The highest BCUT2D eigenvalue weighted by molar-refractivity contribution is 5.20. The Kier molecular flexibility index (Phi) is 3.98. The van der Waals surface area contributed by atoms with Gasteiger partial charge in [-0.3, -0.25) is 0 Å². The fourth-order valence-electron chi connectivity index (χ4n) is 0.974. The van der Waals surface area contributed by atoms with E-state index in [0.29, 0.717) is 6.42 Å². The number of hydrogen-bond acceptors (Lipinski definition) is 3. The number of aromatic nitrogens is 1. The first kappa shape index (κ1) is 13.8. The summed E-state index contributed by atoms with van der Waals surface area (Å²) >= 11 is 0. The van der Waals surface area contributed by atoms with E-state index in [4.69, 9.17) is 10.5 Å². The molecule has 0 saturated carbocycles. The molecule has 0 aromatic carbocycles. The van der Waals surface area contributed by atoms with Crippen LogP contribution in [0.15, 0.2) is 18.3 Å². The molecule has 6 heteroatoms. The summed E-state index contributed by atoms with van der Waals surface area (Å²) in [5.41, 5.74) is 4.53. The molecule has 17 heavy (non-hydrogen) atoms. The van der Waals surface area contributed by atoms with Gasteiger partial charge < -0.3 is 10.5 Å². The zero-order valence-electron chi connectivity index (χ0n) is 9.71. The summed E-state index contributed by atoms with van der Waals surface area (Å²) in [6.45, 7) is 3.92. The summed E-state index contributed by atoms with van der Waals surface area (Å²) in [6.07, 6.45) is -2.93. The zero-order valence-corrected chi connectivity index (χ0v) is 9.71. The largest absolute Gasteiger partial charge is 0.476 e. The molecule has 3 nitrogen and oxygen atoms in total. The number of hydrogen-bond donors (Lipinski definition) is 1. The molecule has 1 aromatic heterocycles. The molecule has 1 atom stereocenters. The van der Waals surface area contributed by atoms with E-state index in [1.165, 1.54) is 6.07 Å². The van der Waals surface area contributed by atoms with Gasteiger partial charge in [-0.2, -0.15) is 13.2 Å². The van der Waals surface area contributed by atoms with Crippen molar-refractivity contribution in [3.63, 3.8) is 0 Å². The number of nitrogens with two attached hydrogens (primary N) is 1.